The molecule has 2 atom stereocenters. The third-order valence-corrected chi connectivity index (χ3v) is 6.56. The molecule has 3 nitrogen and oxygen atoms in total. The minimum atomic E-state index is -3.15. The SMILES string of the molecule is CN1CC2=C(C=CCC2)C2C=CCCC2S1(=O)=O. The van der Waals surface area contributed by atoms with Crippen LogP contribution in [0.25, 0.3) is 0 Å². The molecule has 0 radical (unpaired) electrons. The van der Waals surface area contributed by atoms with Crippen LogP contribution in [-0.2, 0) is 10.0 Å². The molecule has 0 aromatic carbocycles. The Bertz CT molecular complexity index is 542. The lowest BCUT2D eigenvalue weighted by atomic mass is 9.82. The lowest BCUT2D eigenvalue weighted by Gasteiger charge is -2.28. The summed E-state index contributed by atoms with van der Waals surface area (Å²) in [5, 5.41) is -0.261. The van der Waals surface area contributed by atoms with Crippen LogP contribution in [0.1, 0.15) is 25.7 Å². The molecule has 0 aromatic heterocycles. The van der Waals surface area contributed by atoms with Crippen molar-refractivity contribution >= 4 is 10.0 Å². The fraction of sp³-hybridized carbons (Fsp3) is 0.571. The molecule has 4 heteroatoms. The van der Waals surface area contributed by atoms with Crippen molar-refractivity contribution in [3.05, 3.63) is 35.5 Å². The average molecular weight is 265 g/mol. The second kappa shape index (κ2) is 4.35. The van der Waals surface area contributed by atoms with Crippen molar-refractivity contribution in [2.24, 2.45) is 5.92 Å². The number of sulfonamides is 1. The van der Waals surface area contributed by atoms with Gasteiger partial charge in [0, 0.05) is 19.5 Å². The molecule has 2 aliphatic carbocycles. The standard InChI is InChI=1S/C14H19NO2S/c1-15-10-11-6-2-3-7-12(11)13-8-4-5-9-14(13)18(15,16)17/h3-4,7-8,13-14H,2,5-6,9-10H2,1H3. The van der Waals surface area contributed by atoms with Gasteiger partial charge in [0.25, 0.3) is 0 Å². The van der Waals surface area contributed by atoms with Crippen molar-refractivity contribution < 1.29 is 8.42 Å². The first-order chi connectivity index (χ1) is 8.60. The van der Waals surface area contributed by atoms with Gasteiger partial charge in [-0.25, -0.2) is 12.7 Å². The number of nitrogens with zero attached hydrogens (tertiary/aromatic N) is 1. The molecule has 3 aliphatic rings. The summed E-state index contributed by atoms with van der Waals surface area (Å²) < 4.78 is 26.7. The average Bonchev–Trinajstić information content (AvgIpc) is 2.46. The Morgan fingerprint density at radius 1 is 1.28 bits per heavy atom. The summed E-state index contributed by atoms with van der Waals surface area (Å²) in [6.07, 6.45) is 12.2. The van der Waals surface area contributed by atoms with E-state index in [0.29, 0.717) is 6.54 Å². The minimum absolute atomic E-state index is 0.0697. The summed E-state index contributed by atoms with van der Waals surface area (Å²) in [4.78, 5) is 0. The molecular formula is C14H19NO2S. The smallest absolute Gasteiger partial charge is 0.212 e. The summed E-state index contributed by atoms with van der Waals surface area (Å²) in [5.74, 6) is 0.0697. The van der Waals surface area contributed by atoms with E-state index >= 15 is 0 Å². The zero-order valence-corrected chi connectivity index (χ0v) is 11.5. The number of fused-ring (bicyclic) bond motifs is 2. The fourth-order valence-electron chi connectivity index (χ4n) is 3.28. The summed E-state index contributed by atoms with van der Waals surface area (Å²) in [6.45, 7) is 0.572. The zero-order valence-electron chi connectivity index (χ0n) is 10.7. The molecule has 1 heterocycles. The van der Waals surface area contributed by atoms with Crippen molar-refractivity contribution in [1.82, 2.24) is 4.31 Å². The van der Waals surface area contributed by atoms with Gasteiger partial charge >= 0.3 is 0 Å². The van der Waals surface area contributed by atoms with Gasteiger partial charge in [0.1, 0.15) is 0 Å². The van der Waals surface area contributed by atoms with Crippen molar-refractivity contribution in [1.29, 1.82) is 0 Å². The van der Waals surface area contributed by atoms with E-state index in [2.05, 4.69) is 24.3 Å². The normalized spacial score (nSPS) is 34.9. The Labute approximate surface area is 109 Å². The van der Waals surface area contributed by atoms with Crippen molar-refractivity contribution in [2.75, 3.05) is 13.6 Å². The van der Waals surface area contributed by atoms with Crippen LogP contribution in [-0.4, -0.2) is 31.6 Å². The topological polar surface area (TPSA) is 37.4 Å². The van der Waals surface area contributed by atoms with Crippen LogP contribution < -0.4 is 0 Å². The molecule has 0 fully saturated rings. The van der Waals surface area contributed by atoms with Crippen LogP contribution in [0.2, 0.25) is 0 Å². The Hall–Kier alpha value is -0.870. The van der Waals surface area contributed by atoms with Crippen molar-refractivity contribution in [3.63, 3.8) is 0 Å². The molecule has 0 saturated heterocycles. The third-order valence-electron chi connectivity index (χ3n) is 4.27. The quantitative estimate of drug-likeness (QED) is 0.630. The van der Waals surface area contributed by atoms with Gasteiger partial charge in [-0.05, 0) is 31.3 Å². The van der Waals surface area contributed by atoms with Gasteiger partial charge in [-0.1, -0.05) is 29.9 Å². The Morgan fingerprint density at radius 2 is 2.11 bits per heavy atom. The van der Waals surface area contributed by atoms with E-state index in [1.54, 1.807) is 11.4 Å². The second-order valence-electron chi connectivity index (χ2n) is 5.37. The fourth-order valence-corrected chi connectivity index (χ4v) is 5.12. The molecule has 0 saturated carbocycles. The molecule has 3 rings (SSSR count). The first-order valence-electron chi connectivity index (χ1n) is 6.61. The largest absolute Gasteiger partial charge is 0.217 e. The first kappa shape index (κ1) is 12.2. The van der Waals surface area contributed by atoms with Gasteiger partial charge in [-0.2, -0.15) is 0 Å². The van der Waals surface area contributed by atoms with Crippen LogP contribution in [0.3, 0.4) is 0 Å². The maximum atomic E-state index is 12.6. The first-order valence-corrected chi connectivity index (χ1v) is 8.11. The van der Waals surface area contributed by atoms with Crippen LogP contribution in [0.5, 0.6) is 0 Å². The van der Waals surface area contributed by atoms with Gasteiger partial charge in [0.2, 0.25) is 10.0 Å². The summed E-state index contributed by atoms with van der Waals surface area (Å²) in [6, 6.07) is 0. The van der Waals surface area contributed by atoms with Crippen LogP contribution in [0, 0.1) is 5.92 Å². The maximum Gasteiger partial charge on any atom is 0.217 e. The highest BCUT2D eigenvalue weighted by atomic mass is 32.2. The van der Waals surface area contributed by atoms with E-state index in [4.69, 9.17) is 0 Å². The molecule has 0 bridgehead atoms. The highest BCUT2D eigenvalue weighted by molar-refractivity contribution is 7.89. The number of rotatable bonds is 0. The van der Waals surface area contributed by atoms with E-state index in [-0.39, 0.29) is 11.2 Å². The van der Waals surface area contributed by atoms with E-state index in [1.807, 2.05) is 0 Å². The van der Waals surface area contributed by atoms with Gasteiger partial charge in [-0.3, -0.25) is 0 Å². The van der Waals surface area contributed by atoms with Crippen LogP contribution in [0.15, 0.2) is 35.5 Å². The Kier molecular flexibility index (Phi) is 2.94. The van der Waals surface area contributed by atoms with Crippen molar-refractivity contribution in [2.45, 2.75) is 30.9 Å². The van der Waals surface area contributed by atoms with E-state index < -0.39 is 10.0 Å². The molecule has 18 heavy (non-hydrogen) atoms. The highest BCUT2D eigenvalue weighted by Crippen LogP contribution is 2.39. The number of likely N-dealkylation sites (N-methyl/N-ethyl adjacent to an activating group) is 1. The van der Waals surface area contributed by atoms with Crippen LogP contribution in [0.4, 0.5) is 0 Å². The van der Waals surface area contributed by atoms with E-state index in [9.17, 15) is 8.42 Å². The Balaban J connectivity index is 2.14. The summed E-state index contributed by atoms with van der Waals surface area (Å²) in [7, 11) is -1.43. The molecule has 1 aliphatic heterocycles. The molecule has 0 amide bonds. The summed E-state index contributed by atoms with van der Waals surface area (Å²) >= 11 is 0. The molecule has 0 aromatic rings. The van der Waals surface area contributed by atoms with Gasteiger partial charge in [0.15, 0.2) is 0 Å². The Morgan fingerprint density at radius 3 is 2.94 bits per heavy atom. The number of hydrogen-bond donors (Lipinski definition) is 0. The third kappa shape index (κ3) is 1.79. The molecule has 0 N–H and O–H groups in total. The summed E-state index contributed by atoms with van der Waals surface area (Å²) in [5.41, 5.74) is 2.57. The van der Waals surface area contributed by atoms with E-state index in [0.717, 1.165) is 25.7 Å². The molecule has 2 unspecified atom stereocenters. The monoisotopic (exact) mass is 265 g/mol. The predicted molar refractivity (Wildman–Crippen MR) is 72.6 cm³/mol. The lowest BCUT2D eigenvalue weighted by Crippen LogP contribution is -2.39. The predicted octanol–water partition coefficient (Wildman–Crippen LogP) is 2.24. The minimum Gasteiger partial charge on any atom is -0.212 e. The molecular weight excluding hydrogens is 246 g/mol. The second-order valence-corrected chi connectivity index (χ2v) is 7.63. The highest BCUT2D eigenvalue weighted by Gasteiger charge is 2.41. The lowest BCUT2D eigenvalue weighted by molar-refractivity contribution is 0.468. The van der Waals surface area contributed by atoms with Gasteiger partial charge in [0.05, 0.1) is 5.25 Å². The zero-order chi connectivity index (χ0) is 12.8. The van der Waals surface area contributed by atoms with Gasteiger partial charge < -0.3 is 0 Å². The number of allylic oxidation sites excluding steroid dienone is 5. The number of hydrogen-bond acceptors (Lipinski definition) is 2. The van der Waals surface area contributed by atoms with E-state index in [1.165, 1.54) is 11.1 Å². The molecule has 0 spiro atoms. The van der Waals surface area contributed by atoms with Crippen LogP contribution >= 0.6 is 0 Å². The molecule has 98 valence electrons. The van der Waals surface area contributed by atoms with Gasteiger partial charge in [-0.15, -0.1) is 0 Å². The maximum absolute atomic E-state index is 12.6. The van der Waals surface area contributed by atoms with Crippen molar-refractivity contribution in [3.8, 4) is 0 Å².